The van der Waals surface area contributed by atoms with Crippen LogP contribution in [0.3, 0.4) is 0 Å². The number of carbonyl (C=O) groups is 2. The van der Waals surface area contributed by atoms with Crippen LogP contribution in [0.2, 0.25) is 0 Å². The molecule has 1 aliphatic rings. The molecule has 1 atom stereocenters. The Kier molecular flexibility index (Phi) is 3.59. The summed E-state index contributed by atoms with van der Waals surface area (Å²) in [6.07, 6.45) is 0.0186. The minimum atomic E-state index is -1.41. The molecule has 0 aromatic heterocycles. The van der Waals surface area contributed by atoms with Crippen LogP contribution in [0.5, 0.6) is 0 Å². The first-order valence-corrected chi connectivity index (χ1v) is 5.59. The Morgan fingerprint density at radius 2 is 2.15 bits per heavy atom. The number of nitro groups is 1. The van der Waals surface area contributed by atoms with Crippen LogP contribution < -0.4 is 10.6 Å². The summed E-state index contributed by atoms with van der Waals surface area (Å²) in [5.41, 5.74) is -1.88. The molecule has 1 unspecified atom stereocenters. The second-order valence-corrected chi connectivity index (χ2v) is 4.22. The molecule has 1 heterocycles. The summed E-state index contributed by atoms with van der Waals surface area (Å²) in [6.45, 7) is 0.170. The number of hydrogen-bond acceptors (Lipinski definition) is 4. The molecule has 1 aromatic rings. The van der Waals surface area contributed by atoms with Gasteiger partial charge in [0.2, 0.25) is 11.7 Å². The van der Waals surface area contributed by atoms with Crippen LogP contribution in [0.25, 0.3) is 0 Å². The van der Waals surface area contributed by atoms with Gasteiger partial charge >= 0.3 is 5.69 Å². The monoisotopic (exact) mass is 285 g/mol. The van der Waals surface area contributed by atoms with Gasteiger partial charge in [-0.2, -0.15) is 4.39 Å². The summed E-state index contributed by atoms with van der Waals surface area (Å²) in [7, 11) is 0. The fourth-order valence-electron chi connectivity index (χ4n) is 1.84. The summed E-state index contributed by atoms with van der Waals surface area (Å²) in [5.74, 6) is -3.79. The predicted molar refractivity (Wildman–Crippen MR) is 61.9 cm³/mol. The van der Waals surface area contributed by atoms with Crippen molar-refractivity contribution in [2.75, 3.05) is 6.54 Å². The highest BCUT2D eigenvalue weighted by Gasteiger charge is 2.28. The van der Waals surface area contributed by atoms with Gasteiger partial charge in [0.1, 0.15) is 5.82 Å². The molecule has 9 heteroatoms. The van der Waals surface area contributed by atoms with E-state index in [0.717, 1.165) is 0 Å². The average molecular weight is 285 g/mol. The summed E-state index contributed by atoms with van der Waals surface area (Å²) >= 11 is 0. The van der Waals surface area contributed by atoms with E-state index in [1.807, 2.05) is 0 Å². The number of nitrogens with one attached hydrogen (secondary N) is 2. The highest BCUT2D eigenvalue weighted by Crippen LogP contribution is 2.22. The summed E-state index contributed by atoms with van der Waals surface area (Å²) in [4.78, 5) is 32.2. The molecule has 2 N–H and O–H groups in total. The maximum atomic E-state index is 13.8. The molecule has 1 aliphatic heterocycles. The molecule has 7 nitrogen and oxygen atoms in total. The molecule has 0 saturated carbocycles. The third-order valence-corrected chi connectivity index (χ3v) is 2.77. The van der Waals surface area contributed by atoms with E-state index >= 15 is 0 Å². The zero-order valence-corrected chi connectivity index (χ0v) is 9.98. The molecular weight excluding hydrogens is 276 g/mol. The van der Waals surface area contributed by atoms with Crippen LogP contribution >= 0.6 is 0 Å². The van der Waals surface area contributed by atoms with Crippen LogP contribution in [-0.4, -0.2) is 29.3 Å². The van der Waals surface area contributed by atoms with Crippen molar-refractivity contribution in [3.8, 4) is 0 Å². The molecule has 2 amide bonds. The Hall–Kier alpha value is -2.58. The summed E-state index contributed by atoms with van der Waals surface area (Å²) in [6, 6.07) is 0.408. The first-order chi connectivity index (χ1) is 9.38. The lowest BCUT2D eigenvalue weighted by Crippen LogP contribution is -2.36. The predicted octanol–water partition coefficient (Wildman–Crippen LogP) is 0.491. The normalized spacial score (nSPS) is 17.7. The SMILES string of the molecule is O=C1CC(NC(=O)c2cc(F)cc([N+](=O)[O-])c2F)CN1. The second kappa shape index (κ2) is 5.19. The topological polar surface area (TPSA) is 101 Å². The van der Waals surface area contributed by atoms with Crippen molar-refractivity contribution in [2.45, 2.75) is 12.5 Å². The lowest BCUT2D eigenvalue weighted by atomic mass is 10.1. The number of benzene rings is 1. The standard InChI is InChI=1S/C11H9F2N3O4/c12-5-1-7(10(13)8(2-5)16(19)20)11(18)15-6-3-9(17)14-4-6/h1-2,6H,3-4H2,(H,14,17)(H,15,18). The van der Waals surface area contributed by atoms with Gasteiger partial charge in [-0.05, 0) is 6.07 Å². The highest BCUT2D eigenvalue weighted by molar-refractivity contribution is 5.96. The van der Waals surface area contributed by atoms with E-state index in [1.54, 1.807) is 0 Å². The smallest absolute Gasteiger partial charge is 0.308 e. The van der Waals surface area contributed by atoms with Gasteiger partial charge in [-0.3, -0.25) is 19.7 Å². The minimum Gasteiger partial charge on any atom is -0.354 e. The summed E-state index contributed by atoms with van der Waals surface area (Å²) in [5, 5.41) is 15.3. The van der Waals surface area contributed by atoms with Gasteiger partial charge < -0.3 is 10.6 Å². The van der Waals surface area contributed by atoms with Crippen LogP contribution in [0, 0.1) is 21.7 Å². The van der Waals surface area contributed by atoms with Crippen LogP contribution in [0.1, 0.15) is 16.8 Å². The van der Waals surface area contributed by atoms with E-state index in [1.165, 1.54) is 0 Å². The van der Waals surface area contributed by atoms with Crippen molar-refractivity contribution in [3.63, 3.8) is 0 Å². The third-order valence-electron chi connectivity index (χ3n) is 2.77. The largest absolute Gasteiger partial charge is 0.354 e. The van der Waals surface area contributed by atoms with Gasteiger partial charge in [0, 0.05) is 13.0 Å². The van der Waals surface area contributed by atoms with Crippen molar-refractivity contribution in [1.29, 1.82) is 0 Å². The first-order valence-electron chi connectivity index (χ1n) is 5.59. The zero-order chi connectivity index (χ0) is 14.9. The van der Waals surface area contributed by atoms with Gasteiger partial charge in [0.25, 0.3) is 5.91 Å². The Bertz CT molecular complexity index is 606. The zero-order valence-electron chi connectivity index (χ0n) is 9.98. The quantitative estimate of drug-likeness (QED) is 0.623. The third kappa shape index (κ3) is 2.71. The van der Waals surface area contributed by atoms with Crippen molar-refractivity contribution in [2.24, 2.45) is 0 Å². The Labute approximate surface area is 111 Å². The van der Waals surface area contributed by atoms with Crippen LogP contribution in [-0.2, 0) is 4.79 Å². The van der Waals surface area contributed by atoms with E-state index in [0.29, 0.717) is 12.1 Å². The van der Waals surface area contributed by atoms with E-state index in [2.05, 4.69) is 10.6 Å². The Morgan fingerprint density at radius 1 is 1.45 bits per heavy atom. The molecule has 20 heavy (non-hydrogen) atoms. The lowest BCUT2D eigenvalue weighted by molar-refractivity contribution is -0.387. The maximum absolute atomic E-state index is 13.8. The number of hydrogen-bond donors (Lipinski definition) is 2. The number of nitrogens with zero attached hydrogens (tertiary/aromatic N) is 1. The molecular formula is C11H9F2N3O4. The molecule has 2 rings (SSSR count). The van der Waals surface area contributed by atoms with Gasteiger partial charge in [0.15, 0.2) is 0 Å². The van der Waals surface area contributed by atoms with Crippen molar-refractivity contribution in [3.05, 3.63) is 39.4 Å². The van der Waals surface area contributed by atoms with Crippen molar-refractivity contribution < 1.29 is 23.3 Å². The fourth-order valence-corrected chi connectivity index (χ4v) is 1.84. The molecule has 0 spiro atoms. The van der Waals surface area contributed by atoms with E-state index in [4.69, 9.17) is 0 Å². The molecule has 0 aliphatic carbocycles. The van der Waals surface area contributed by atoms with Gasteiger partial charge in [-0.15, -0.1) is 0 Å². The second-order valence-electron chi connectivity index (χ2n) is 4.22. The molecule has 0 radical (unpaired) electrons. The fraction of sp³-hybridized carbons (Fsp3) is 0.273. The Balaban J connectivity index is 2.25. The molecule has 1 aromatic carbocycles. The van der Waals surface area contributed by atoms with Crippen molar-refractivity contribution in [1.82, 2.24) is 10.6 Å². The average Bonchev–Trinajstić information content (AvgIpc) is 2.76. The number of rotatable bonds is 3. The number of amides is 2. The van der Waals surface area contributed by atoms with Crippen LogP contribution in [0.4, 0.5) is 14.5 Å². The highest BCUT2D eigenvalue weighted by atomic mass is 19.1. The number of nitro benzene ring substituents is 1. The van der Waals surface area contributed by atoms with E-state index in [9.17, 15) is 28.5 Å². The minimum absolute atomic E-state index is 0.0186. The molecule has 1 saturated heterocycles. The Morgan fingerprint density at radius 3 is 2.70 bits per heavy atom. The van der Waals surface area contributed by atoms with Gasteiger partial charge in [-0.1, -0.05) is 0 Å². The van der Waals surface area contributed by atoms with Crippen molar-refractivity contribution >= 4 is 17.5 Å². The first kappa shape index (κ1) is 13.8. The molecule has 106 valence electrons. The van der Waals surface area contributed by atoms with Gasteiger partial charge in [-0.25, -0.2) is 4.39 Å². The number of carbonyl (C=O) groups excluding carboxylic acids is 2. The lowest BCUT2D eigenvalue weighted by Gasteiger charge is -2.11. The molecule has 0 bridgehead atoms. The number of halogens is 2. The maximum Gasteiger partial charge on any atom is 0.308 e. The molecule has 1 fully saturated rings. The van der Waals surface area contributed by atoms with Gasteiger partial charge in [0.05, 0.1) is 22.6 Å². The summed E-state index contributed by atoms with van der Waals surface area (Å²) < 4.78 is 26.9. The van der Waals surface area contributed by atoms with Crippen LogP contribution in [0.15, 0.2) is 12.1 Å². The van der Waals surface area contributed by atoms with E-state index < -0.39 is 39.8 Å². The van der Waals surface area contributed by atoms with E-state index in [-0.39, 0.29) is 18.9 Å².